The van der Waals surface area contributed by atoms with Crippen molar-refractivity contribution in [1.29, 1.82) is 0 Å². The van der Waals surface area contributed by atoms with Crippen LogP contribution in [0.15, 0.2) is 23.6 Å². The molecule has 0 aliphatic heterocycles. The summed E-state index contributed by atoms with van der Waals surface area (Å²) in [6, 6.07) is 6.33. The Bertz CT molecular complexity index is 502. The van der Waals surface area contributed by atoms with E-state index in [1.165, 1.54) is 22.5 Å². The number of aliphatic hydroxyl groups is 1. The molecule has 84 valence electrons. The van der Waals surface area contributed by atoms with E-state index in [4.69, 9.17) is 0 Å². The highest BCUT2D eigenvalue weighted by atomic mass is 32.1. The van der Waals surface area contributed by atoms with Crippen molar-refractivity contribution in [2.45, 2.75) is 26.9 Å². The van der Waals surface area contributed by atoms with Crippen molar-refractivity contribution in [2.24, 2.45) is 0 Å². The Hall–Kier alpha value is -1.19. The molecule has 0 spiro atoms. The summed E-state index contributed by atoms with van der Waals surface area (Å²) in [6.07, 6.45) is -0.482. The molecule has 0 saturated heterocycles. The highest BCUT2D eigenvalue weighted by Gasteiger charge is 2.10. The lowest BCUT2D eigenvalue weighted by Crippen LogP contribution is -1.90. The lowest BCUT2D eigenvalue weighted by Gasteiger charge is -2.03. The molecule has 16 heavy (non-hydrogen) atoms. The van der Waals surface area contributed by atoms with Crippen LogP contribution < -0.4 is 0 Å². The van der Waals surface area contributed by atoms with E-state index in [9.17, 15) is 5.11 Å². The van der Waals surface area contributed by atoms with Crippen LogP contribution in [-0.2, 0) is 0 Å². The molecular weight excluding hydrogens is 218 g/mol. The molecule has 1 unspecified atom stereocenters. The Morgan fingerprint density at radius 2 is 2.06 bits per heavy atom. The van der Waals surface area contributed by atoms with Crippen LogP contribution in [0, 0.1) is 13.8 Å². The monoisotopic (exact) mass is 233 g/mol. The number of rotatable bonds is 2. The number of nitrogens with zero attached hydrogens (tertiary/aromatic N) is 1. The van der Waals surface area contributed by atoms with E-state index in [1.807, 2.05) is 5.38 Å². The first kappa shape index (κ1) is 11.3. The minimum atomic E-state index is -0.482. The van der Waals surface area contributed by atoms with Crippen LogP contribution in [0.5, 0.6) is 0 Å². The van der Waals surface area contributed by atoms with Gasteiger partial charge in [-0.15, -0.1) is 11.3 Å². The summed E-state index contributed by atoms with van der Waals surface area (Å²) in [5.41, 5.74) is 4.59. The van der Waals surface area contributed by atoms with Crippen molar-refractivity contribution in [3.63, 3.8) is 0 Å². The Kier molecular flexibility index (Phi) is 3.08. The molecule has 0 aliphatic rings. The molecule has 0 aliphatic carbocycles. The van der Waals surface area contributed by atoms with Crippen molar-refractivity contribution in [2.75, 3.05) is 0 Å². The first-order valence-electron chi connectivity index (χ1n) is 5.29. The minimum absolute atomic E-state index is 0.482. The van der Waals surface area contributed by atoms with Crippen LogP contribution in [0.1, 0.15) is 29.2 Å². The Labute approximate surface area is 99.6 Å². The van der Waals surface area contributed by atoms with Gasteiger partial charge in [0.2, 0.25) is 0 Å². The van der Waals surface area contributed by atoms with Gasteiger partial charge < -0.3 is 5.11 Å². The fraction of sp³-hybridized carbons (Fsp3) is 0.308. The predicted molar refractivity (Wildman–Crippen MR) is 67.7 cm³/mol. The van der Waals surface area contributed by atoms with Gasteiger partial charge in [-0.3, -0.25) is 0 Å². The van der Waals surface area contributed by atoms with Crippen LogP contribution >= 0.6 is 11.3 Å². The van der Waals surface area contributed by atoms with Crippen LogP contribution in [0.3, 0.4) is 0 Å². The number of hydrogen-bond donors (Lipinski definition) is 1. The molecule has 0 fully saturated rings. The summed E-state index contributed by atoms with van der Waals surface area (Å²) < 4.78 is 0. The van der Waals surface area contributed by atoms with Crippen LogP contribution in [0.4, 0.5) is 0 Å². The van der Waals surface area contributed by atoms with Gasteiger partial charge in [0.25, 0.3) is 0 Å². The summed E-state index contributed by atoms with van der Waals surface area (Å²) >= 11 is 1.50. The summed E-state index contributed by atoms with van der Waals surface area (Å²) in [5, 5.41) is 12.2. The minimum Gasteiger partial charge on any atom is -0.386 e. The summed E-state index contributed by atoms with van der Waals surface area (Å²) in [6.45, 7) is 5.91. The second-order valence-electron chi connectivity index (χ2n) is 4.07. The highest BCUT2D eigenvalue weighted by molar-refractivity contribution is 7.10. The summed E-state index contributed by atoms with van der Waals surface area (Å²) in [5.74, 6) is 0. The molecule has 0 bridgehead atoms. The molecule has 3 heteroatoms. The molecule has 1 N–H and O–H groups in total. The van der Waals surface area contributed by atoms with Crippen molar-refractivity contribution >= 4 is 11.3 Å². The fourth-order valence-corrected chi connectivity index (χ4v) is 2.46. The van der Waals surface area contributed by atoms with Gasteiger partial charge in [0, 0.05) is 10.9 Å². The van der Waals surface area contributed by atoms with Gasteiger partial charge >= 0.3 is 0 Å². The SMILES string of the molecule is Cc1ccc(-c2csc(C(C)O)n2)c(C)c1. The molecule has 1 aromatic carbocycles. The largest absolute Gasteiger partial charge is 0.386 e. The zero-order valence-electron chi connectivity index (χ0n) is 9.69. The van der Waals surface area contributed by atoms with E-state index in [0.717, 1.165) is 16.3 Å². The van der Waals surface area contributed by atoms with Crippen molar-refractivity contribution in [3.8, 4) is 11.3 Å². The molecule has 2 aromatic rings. The van der Waals surface area contributed by atoms with Gasteiger partial charge in [0.1, 0.15) is 11.1 Å². The Morgan fingerprint density at radius 3 is 2.62 bits per heavy atom. The Balaban J connectivity index is 2.42. The Morgan fingerprint density at radius 1 is 1.31 bits per heavy atom. The van der Waals surface area contributed by atoms with E-state index in [2.05, 4.69) is 37.0 Å². The first-order chi connectivity index (χ1) is 7.58. The van der Waals surface area contributed by atoms with Gasteiger partial charge in [-0.2, -0.15) is 0 Å². The number of hydrogen-bond acceptors (Lipinski definition) is 3. The lowest BCUT2D eigenvalue weighted by molar-refractivity contribution is 0.199. The van der Waals surface area contributed by atoms with Gasteiger partial charge in [-0.25, -0.2) is 4.98 Å². The summed E-state index contributed by atoms with van der Waals surface area (Å²) in [7, 11) is 0. The number of thiazole rings is 1. The fourth-order valence-electron chi connectivity index (χ4n) is 1.70. The van der Waals surface area contributed by atoms with Crippen LogP contribution in [0.2, 0.25) is 0 Å². The standard InChI is InChI=1S/C13H15NOS/c1-8-4-5-11(9(2)6-8)12-7-16-13(14-12)10(3)15/h4-7,10,15H,1-3H3. The summed E-state index contributed by atoms with van der Waals surface area (Å²) in [4.78, 5) is 4.44. The van der Waals surface area contributed by atoms with E-state index < -0.39 is 6.10 Å². The maximum absolute atomic E-state index is 9.45. The van der Waals surface area contributed by atoms with E-state index in [0.29, 0.717) is 0 Å². The molecule has 1 aromatic heterocycles. The van der Waals surface area contributed by atoms with Crippen molar-refractivity contribution in [3.05, 3.63) is 39.7 Å². The number of benzene rings is 1. The lowest BCUT2D eigenvalue weighted by atomic mass is 10.0. The van der Waals surface area contributed by atoms with E-state index in [1.54, 1.807) is 6.92 Å². The smallest absolute Gasteiger partial charge is 0.122 e. The van der Waals surface area contributed by atoms with E-state index in [-0.39, 0.29) is 0 Å². The van der Waals surface area contributed by atoms with Gasteiger partial charge in [-0.05, 0) is 26.3 Å². The third-order valence-corrected chi connectivity index (χ3v) is 3.55. The van der Waals surface area contributed by atoms with Gasteiger partial charge in [0.05, 0.1) is 5.69 Å². The third-order valence-electron chi connectivity index (χ3n) is 2.54. The van der Waals surface area contributed by atoms with Gasteiger partial charge in [0.15, 0.2) is 0 Å². The number of aromatic nitrogens is 1. The number of aliphatic hydroxyl groups excluding tert-OH is 1. The first-order valence-corrected chi connectivity index (χ1v) is 6.17. The molecule has 0 amide bonds. The molecule has 0 saturated carbocycles. The average molecular weight is 233 g/mol. The average Bonchev–Trinajstić information content (AvgIpc) is 2.66. The number of aryl methyl sites for hydroxylation is 2. The second kappa shape index (κ2) is 4.36. The molecule has 2 rings (SSSR count). The normalized spacial score (nSPS) is 12.8. The second-order valence-corrected chi connectivity index (χ2v) is 4.96. The molecular formula is C13H15NOS. The maximum Gasteiger partial charge on any atom is 0.122 e. The van der Waals surface area contributed by atoms with Crippen LogP contribution in [0.25, 0.3) is 11.3 Å². The van der Waals surface area contributed by atoms with Gasteiger partial charge in [-0.1, -0.05) is 23.8 Å². The topological polar surface area (TPSA) is 33.1 Å². The maximum atomic E-state index is 9.45. The van der Waals surface area contributed by atoms with E-state index >= 15 is 0 Å². The van der Waals surface area contributed by atoms with Crippen molar-refractivity contribution < 1.29 is 5.11 Å². The van der Waals surface area contributed by atoms with Crippen molar-refractivity contribution in [1.82, 2.24) is 4.98 Å². The third kappa shape index (κ3) is 2.15. The zero-order valence-corrected chi connectivity index (χ0v) is 10.5. The highest BCUT2D eigenvalue weighted by Crippen LogP contribution is 2.27. The molecule has 1 atom stereocenters. The zero-order chi connectivity index (χ0) is 11.7. The predicted octanol–water partition coefficient (Wildman–Crippen LogP) is 3.48. The van der Waals surface area contributed by atoms with Crippen LogP contribution in [-0.4, -0.2) is 10.1 Å². The molecule has 1 heterocycles. The molecule has 2 nitrogen and oxygen atoms in total. The quantitative estimate of drug-likeness (QED) is 0.861. The molecule has 0 radical (unpaired) electrons.